The number of thioether (sulfide) groups is 2. The van der Waals surface area contributed by atoms with Gasteiger partial charge in [-0.2, -0.15) is 23.5 Å². The van der Waals surface area contributed by atoms with Crippen LogP contribution in [0, 0.1) is 0 Å². The summed E-state index contributed by atoms with van der Waals surface area (Å²) in [5.74, 6) is 2.56. The lowest BCUT2D eigenvalue weighted by atomic mass is 10.2. The van der Waals surface area contributed by atoms with Crippen LogP contribution in [0.3, 0.4) is 0 Å². The fraction of sp³-hybridized carbons (Fsp3) is 0.929. The first-order valence-electron chi connectivity index (χ1n) is 7.93. The van der Waals surface area contributed by atoms with Crippen molar-refractivity contribution in [1.29, 1.82) is 0 Å². The van der Waals surface area contributed by atoms with Crippen LogP contribution in [0.2, 0.25) is 0 Å². The van der Waals surface area contributed by atoms with Crippen LogP contribution in [0.15, 0.2) is 4.99 Å². The lowest BCUT2D eigenvalue weighted by Gasteiger charge is -2.25. The van der Waals surface area contributed by atoms with E-state index in [-0.39, 0.29) is 10.5 Å². The molecule has 0 aromatic carbocycles. The van der Waals surface area contributed by atoms with Crippen LogP contribution in [-0.2, 0) is 10.0 Å². The first-order valence-corrected chi connectivity index (χ1v) is 11.9. The summed E-state index contributed by atoms with van der Waals surface area (Å²) in [6, 6.07) is 0. The van der Waals surface area contributed by atoms with Crippen molar-refractivity contribution in [1.82, 2.24) is 14.9 Å². The average molecular weight is 383 g/mol. The summed E-state index contributed by atoms with van der Waals surface area (Å²) in [7, 11) is -3.17. The molecule has 0 aliphatic carbocycles. The van der Waals surface area contributed by atoms with Crippen molar-refractivity contribution in [3.8, 4) is 0 Å². The summed E-state index contributed by atoms with van der Waals surface area (Å²) in [6.07, 6.45) is 2.07. The second-order valence-electron chi connectivity index (χ2n) is 5.91. The van der Waals surface area contributed by atoms with Gasteiger partial charge < -0.3 is 10.6 Å². The molecule has 0 spiro atoms. The number of guanidine groups is 1. The minimum Gasteiger partial charge on any atom is -0.357 e. The molecule has 0 aromatic heterocycles. The van der Waals surface area contributed by atoms with E-state index in [1.165, 1.54) is 0 Å². The zero-order valence-electron chi connectivity index (χ0n) is 14.6. The predicted octanol–water partition coefficient (Wildman–Crippen LogP) is 1.06. The van der Waals surface area contributed by atoms with Crippen molar-refractivity contribution >= 4 is 39.5 Å². The Morgan fingerprint density at radius 2 is 1.96 bits per heavy atom. The Kier molecular flexibility index (Phi) is 9.10. The van der Waals surface area contributed by atoms with Crippen LogP contribution >= 0.6 is 23.5 Å². The Hall–Kier alpha value is -0.120. The lowest BCUT2D eigenvalue weighted by molar-refractivity contribution is 0.443. The Balaban J connectivity index is 2.50. The number of aliphatic imine (C=N–C) groups is 1. The second-order valence-corrected chi connectivity index (χ2v) is 10.7. The summed E-state index contributed by atoms with van der Waals surface area (Å²) < 4.78 is 26.3. The van der Waals surface area contributed by atoms with Gasteiger partial charge in [0.1, 0.15) is 0 Å². The fourth-order valence-corrected chi connectivity index (χ4v) is 4.61. The minimum absolute atomic E-state index is 0.0693. The van der Waals surface area contributed by atoms with Crippen molar-refractivity contribution in [2.24, 2.45) is 4.99 Å². The third kappa shape index (κ3) is 8.00. The zero-order valence-corrected chi connectivity index (χ0v) is 17.0. The van der Waals surface area contributed by atoms with E-state index in [2.05, 4.69) is 35.7 Å². The molecule has 136 valence electrons. The van der Waals surface area contributed by atoms with Crippen molar-refractivity contribution in [2.75, 3.05) is 56.2 Å². The van der Waals surface area contributed by atoms with E-state index in [1.807, 2.05) is 18.7 Å². The first-order chi connectivity index (χ1) is 10.8. The van der Waals surface area contributed by atoms with Gasteiger partial charge in [-0.25, -0.2) is 12.7 Å². The van der Waals surface area contributed by atoms with E-state index in [1.54, 1.807) is 16.1 Å². The number of hydrogen-bond acceptors (Lipinski definition) is 5. The highest BCUT2D eigenvalue weighted by Gasteiger charge is 2.23. The van der Waals surface area contributed by atoms with Gasteiger partial charge >= 0.3 is 0 Å². The number of rotatable bonds is 8. The zero-order chi connectivity index (χ0) is 17.3. The van der Waals surface area contributed by atoms with Crippen LogP contribution in [0.25, 0.3) is 0 Å². The van der Waals surface area contributed by atoms with Crippen molar-refractivity contribution in [3.05, 3.63) is 0 Å². The molecular weight excluding hydrogens is 352 g/mol. The smallest absolute Gasteiger partial charge is 0.215 e. The van der Waals surface area contributed by atoms with Crippen molar-refractivity contribution in [2.45, 2.75) is 25.5 Å². The van der Waals surface area contributed by atoms with Crippen molar-refractivity contribution < 1.29 is 8.42 Å². The molecule has 0 amide bonds. The molecule has 1 fully saturated rings. The van der Waals surface area contributed by atoms with E-state index >= 15 is 0 Å². The van der Waals surface area contributed by atoms with Gasteiger partial charge in [0.15, 0.2) is 5.96 Å². The molecule has 1 saturated heterocycles. The monoisotopic (exact) mass is 382 g/mol. The Labute approximate surface area is 149 Å². The molecule has 6 nitrogen and oxygen atoms in total. The first kappa shape index (κ1) is 20.9. The number of nitrogens with one attached hydrogen (secondary N) is 2. The molecular formula is C14H30N4O2S3. The van der Waals surface area contributed by atoms with Gasteiger partial charge in [-0.15, -0.1) is 0 Å². The normalized spacial score (nSPS) is 18.0. The third-order valence-electron chi connectivity index (χ3n) is 3.53. The summed E-state index contributed by atoms with van der Waals surface area (Å²) in [5, 5.41) is 6.29. The summed E-state index contributed by atoms with van der Waals surface area (Å²) in [5.41, 5.74) is 0. The molecule has 0 saturated carbocycles. The maximum atomic E-state index is 12.3. The lowest BCUT2D eigenvalue weighted by Crippen LogP contribution is -2.44. The van der Waals surface area contributed by atoms with Crippen LogP contribution in [0.5, 0.6) is 0 Å². The van der Waals surface area contributed by atoms with E-state index in [4.69, 9.17) is 0 Å². The van der Waals surface area contributed by atoms with Gasteiger partial charge in [-0.1, -0.05) is 0 Å². The van der Waals surface area contributed by atoms with Gasteiger partial charge in [0.25, 0.3) is 0 Å². The van der Waals surface area contributed by atoms with E-state index in [9.17, 15) is 8.42 Å². The molecule has 23 heavy (non-hydrogen) atoms. The van der Waals surface area contributed by atoms with Gasteiger partial charge in [-0.3, -0.25) is 4.99 Å². The molecule has 1 aliphatic rings. The SMILES string of the molecule is CCNC(=NCC(C)(C)SC)NCCS(=O)(=O)N1CCSCC1. The van der Waals surface area contributed by atoms with E-state index in [0.29, 0.717) is 32.1 Å². The molecule has 0 unspecified atom stereocenters. The van der Waals surface area contributed by atoms with Crippen LogP contribution < -0.4 is 10.6 Å². The molecule has 1 heterocycles. The van der Waals surface area contributed by atoms with Gasteiger partial charge in [0.2, 0.25) is 10.0 Å². The molecule has 9 heteroatoms. The van der Waals surface area contributed by atoms with Crippen LogP contribution in [-0.4, -0.2) is 79.7 Å². The molecule has 1 aliphatic heterocycles. The van der Waals surface area contributed by atoms with Crippen LogP contribution in [0.1, 0.15) is 20.8 Å². The highest BCUT2D eigenvalue weighted by molar-refractivity contribution is 8.00. The highest BCUT2D eigenvalue weighted by Crippen LogP contribution is 2.20. The number of nitrogens with zero attached hydrogens (tertiary/aromatic N) is 2. The second kappa shape index (κ2) is 10.0. The standard InChI is InChI=1S/C14H30N4O2S3/c1-5-15-13(17-12-14(2,3)21-4)16-6-11-23(19,20)18-7-9-22-10-8-18/h5-12H2,1-4H3,(H2,15,16,17). The predicted molar refractivity (Wildman–Crippen MR) is 104 cm³/mol. The summed E-state index contributed by atoms with van der Waals surface area (Å²) in [6.45, 7) is 9.34. The third-order valence-corrected chi connectivity index (χ3v) is 7.58. The Morgan fingerprint density at radius 3 is 2.52 bits per heavy atom. The quantitative estimate of drug-likeness (QED) is 0.483. The summed E-state index contributed by atoms with van der Waals surface area (Å²) in [4.78, 5) is 4.55. The number of sulfonamides is 1. The van der Waals surface area contributed by atoms with Crippen molar-refractivity contribution in [3.63, 3.8) is 0 Å². The molecule has 2 N–H and O–H groups in total. The number of hydrogen-bond donors (Lipinski definition) is 2. The van der Waals surface area contributed by atoms with Gasteiger partial charge in [0.05, 0.1) is 12.3 Å². The highest BCUT2D eigenvalue weighted by atomic mass is 32.2. The largest absolute Gasteiger partial charge is 0.357 e. The maximum absolute atomic E-state index is 12.3. The Bertz CT molecular complexity index is 474. The maximum Gasteiger partial charge on any atom is 0.215 e. The summed E-state index contributed by atoms with van der Waals surface area (Å²) >= 11 is 3.58. The molecule has 0 atom stereocenters. The molecule has 1 rings (SSSR count). The van der Waals surface area contributed by atoms with E-state index < -0.39 is 10.0 Å². The molecule has 0 radical (unpaired) electrons. The molecule has 0 bridgehead atoms. The topological polar surface area (TPSA) is 73.8 Å². The Morgan fingerprint density at radius 1 is 1.30 bits per heavy atom. The van der Waals surface area contributed by atoms with Gasteiger partial charge in [0, 0.05) is 42.4 Å². The van der Waals surface area contributed by atoms with Gasteiger partial charge in [-0.05, 0) is 27.0 Å². The van der Waals surface area contributed by atoms with Crippen LogP contribution in [0.4, 0.5) is 0 Å². The van der Waals surface area contributed by atoms with E-state index in [0.717, 1.165) is 18.1 Å². The minimum atomic E-state index is -3.17. The fourth-order valence-electron chi connectivity index (χ4n) is 1.93. The average Bonchev–Trinajstić information content (AvgIpc) is 2.53. The molecule has 0 aromatic rings.